The minimum absolute atomic E-state index is 0.0587. The first-order valence-electron chi connectivity index (χ1n) is 11.7. The molecule has 0 amide bonds. The number of rotatable bonds is 4. The summed E-state index contributed by atoms with van der Waals surface area (Å²) in [6, 6.07) is 25.2. The molecule has 6 rings (SSSR count). The van der Waals surface area contributed by atoms with Crippen LogP contribution in [-0.2, 0) is 10.2 Å². The van der Waals surface area contributed by atoms with Gasteiger partial charge in [-0.2, -0.15) is 10.2 Å². The first-order valence-corrected chi connectivity index (χ1v) is 12.5. The van der Waals surface area contributed by atoms with Gasteiger partial charge in [-0.15, -0.1) is 0 Å². The number of nitrogens with zero attached hydrogens (tertiary/aromatic N) is 3. The van der Waals surface area contributed by atoms with E-state index in [0.717, 1.165) is 37.4 Å². The zero-order valence-corrected chi connectivity index (χ0v) is 20.1. The second-order valence-electron chi connectivity index (χ2n) is 9.01. The average Bonchev–Trinajstić information content (AvgIpc) is 3.30. The lowest BCUT2D eigenvalue weighted by Gasteiger charge is -2.31. The molecule has 0 unspecified atom stereocenters. The molecule has 1 aliphatic rings. The Hall–Kier alpha value is -3.86. The van der Waals surface area contributed by atoms with Gasteiger partial charge in [0.1, 0.15) is 11.5 Å². The number of ether oxygens (including phenoxy) is 1. The second-order valence-corrected chi connectivity index (χ2v) is 10.2. The van der Waals surface area contributed by atoms with Crippen molar-refractivity contribution in [2.75, 3.05) is 13.2 Å². The third-order valence-electron chi connectivity index (χ3n) is 6.85. The van der Waals surface area contributed by atoms with Crippen LogP contribution in [0.5, 0.6) is 5.88 Å². The molecule has 0 spiro atoms. The van der Waals surface area contributed by atoms with Crippen molar-refractivity contribution in [3.05, 3.63) is 90.4 Å². The number of hydrogen-bond donors (Lipinski definition) is 1. The molecule has 36 heavy (non-hydrogen) atoms. The zero-order chi connectivity index (χ0) is 24.7. The van der Waals surface area contributed by atoms with Crippen LogP contribution in [0, 0.1) is 17.1 Å². The third-order valence-corrected chi connectivity index (χ3v) is 7.83. The number of fused-ring (bicyclic) bond motifs is 3. The molecule has 5 nitrogen and oxygen atoms in total. The molecule has 0 atom stereocenters. The van der Waals surface area contributed by atoms with Crippen molar-refractivity contribution in [1.29, 1.82) is 5.26 Å². The van der Waals surface area contributed by atoms with Crippen LogP contribution in [0.15, 0.2) is 88.8 Å². The molecule has 178 valence electrons. The monoisotopic (exact) mass is 495 g/mol. The van der Waals surface area contributed by atoms with Crippen molar-refractivity contribution in [3.63, 3.8) is 0 Å². The maximum atomic E-state index is 13.6. The summed E-state index contributed by atoms with van der Waals surface area (Å²) in [7, 11) is 0. The SMILES string of the molecule is N#CC1(c2cccc(Sc3ccc4c(-c5ccc(F)cc5)cc5nc(O)cn5c4c3)c2)CCOCC1. The molecule has 0 aliphatic carbocycles. The Morgan fingerprint density at radius 2 is 1.78 bits per heavy atom. The molecule has 0 radical (unpaired) electrons. The predicted octanol–water partition coefficient (Wildman–Crippen LogP) is 6.72. The summed E-state index contributed by atoms with van der Waals surface area (Å²) in [5, 5.41) is 21.0. The summed E-state index contributed by atoms with van der Waals surface area (Å²) in [6.07, 6.45) is 2.99. The maximum absolute atomic E-state index is 13.6. The van der Waals surface area contributed by atoms with E-state index in [1.807, 2.05) is 28.7 Å². The van der Waals surface area contributed by atoms with E-state index in [4.69, 9.17) is 4.74 Å². The lowest BCUT2D eigenvalue weighted by molar-refractivity contribution is 0.0675. The normalized spacial score (nSPS) is 15.2. The Labute approximate surface area is 211 Å². The quantitative estimate of drug-likeness (QED) is 0.300. The molecule has 1 fully saturated rings. The second kappa shape index (κ2) is 8.98. The van der Waals surface area contributed by atoms with Crippen molar-refractivity contribution in [1.82, 2.24) is 9.38 Å². The van der Waals surface area contributed by atoms with Crippen LogP contribution in [0.4, 0.5) is 4.39 Å². The average molecular weight is 496 g/mol. The molecule has 0 bridgehead atoms. The number of pyridine rings is 1. The van der Waals surface area contributed by atoms with Gasteiger partial charge in [-0.1, -0.05) is 42.1 Å². The van der Waals surface area contributed by atoms with Crippen LogP contribution < -0.4 is 0 Å². The number of hydrogen-bond acceptors (Lipinski definition) is 5. The smallest absolute Gasteiger partial charge is 0.230 e. The van der Waals surface area contributed by atoms with E-state index in [0.29, 0.717) is 31.7 Å². The summed E-state index contributed by atoms with van der Waals surface area (Å²) in [5.74, 6) is -0.348. The van der Waals surface area contributed by atoms with Crippen LogP contribution >= 0.6 is 11.8 Å². The molecule has 0 saturated carbocycles. The Balaban J connectivity index is 1.43. The fourth-order valence-corrected chi connectivity index (χ4v) is 5.84. The Morgan fingerprint density at radius 1 is 1.00 bits per heavy atom. The summed E-state index contributed by atoms with van der Waals surface area (Å²) >= 11 is 1.62. The van der Waals surface area contributed by atoms with Gasteiger partial charge in [0.2, 0.25) is 5.88 Å². The highest BCUT2D eigenvalue weighted by atomic mass is 32.2. The largest absolute Gasteiger partial charge is 0.492 e. The highest BCUT2D eigenvalue weighted by Crippen LogP contribution is 2.39. The Kier molecular flexibility index (Phi) is 5.63. The van der Waals surface area contributed by atoms with E-state index in [1.165, 1.54) is 12.1 Å². The maximum Gasteiger partial charge on any atom is 0.230 e. The molecule has 7 heteroatoms. The molecule has 3 heterocycles. The van der Waals surface area contributed by atoms with E-state index in [9.17, 15) is 14.8 Å². The number of benzene rings is 3. The fraction of sp³-hybridized carbons (Fsp3) is 0.172. The first-order chi connectivity index (χ1) is 17.5. The fourth-order valence-electron chi connectivity index (χ4n) is 4.93. The lowest BCUT2D eigenvalue weighted by atomic mass is 9.75. The van der Waals surface area contributed by atoms with Gasteiger partial charge < -0.3 is 9.84 Å². The molecule has 1 aliphatic heterocycles. The lowest BCUT2D eigenvalue weighted by Crippen LogP contribution is -2.32. The Bertz CT molecular complexity index is 1630. The molecule has 5 aromatic rings. The predicted molar refractivity (Wildman–Crippen MR) is 138 cm³/mol. The standard InChI is InChI=1S/C29H22FN3O2S/c30-21-6-4-19(5-7-21)25-16-27-32-28(34)17-33(27)26-15-23(8-9-24(25)26)36-22-3-1-2-20(14-22)29(18-31)10-12-35-13-11-29/h1-9,14-17,34H,10-13H2. The summed E-state index contributed by atoms with van der Waals surface area (Å²) in [6.45, 7) is 1.19. The summed E-state index contributed by atoms with van der Waals surface area (Å²) < 4.78 is 20.9. The van der Waals surface area contributed by atoms with Crippen LogP contribution in [-0.4, -0.2) is 27.7 Å². The Morgan fingerprint density at radius 3 is 2.56 bits per heavy atom. The van der Waals surface area contributed by atoms with Crippen molar-refractivity contribution in [2.45, 2.75) is 28.0 Å². The van der Waals surface area contributed by atoms with E-state index < -0.39 is 5.41 Å². The van der Waals surface area contributed by atoms with Gasteiger partial charge in [0, 0.05) is 28.4 Å². The van der Waals surface area contributed by atoms with E-state index in [2.05, 4.69) is 35.3 Å². The van der Waals surface area contributed by atoms with Crippen molar-refractivity contribution in [3.8, 4) is 23.1 Å². The highest BCUT2D eigenvalue weighted by molar-refractivity contribution is 7.99. The number of nitriles is 1. The van der Waals surface area contributed by atoms with Crippen LogP contribution in [0.3, 0.4) is 0 Å². The number of halogens is 1. The zero-order valence-electron chi connectivity index (χ0n) is 19.3. The first kappa shape index (κ1) is 22.6. The van der Waals surface area contributed by atoms with Gasteiger partial charge in [0.25, 0.3) is 0 Å². The molecule has 1 saturated heterocycles. The summed E-state index contributed by atoms with van der Waals surface area (Å²) in [5.41, 5.74) is 3.80. The van der Waals surface area contributed by atoms with Gasteiger partial charge in [-0.25, -0.2) is 4.39 Å². The van der Waals surface area contributed by atoms with E-state index >= 15 is 0 Å². The topological polar surface area (TPSA) is 70.5 Å². The van der Waals surface area contributed by atoms with Crippen LogP contribution in [0.2, 0.25) is 0 Å². The molecular formula is C29H22FN3O2S. The highest BCUT2D eigenvalue weighted by Gasteiger charge is 2.34. The molecule has 2 aromatic heterocycles. The van der Waals surface area contributed by atoms with Gasteiger partial charge >= 0.3 is 0 Å². The van der Waals surface area contributed by atoms with Gasteiger partial charge in [-0.3, -0.25) is 4.40 Å². The summed E-state index contributed by atoms with van der Waals surface area (Å²) in [4.78, 5) is 6.32. The molecular weight excluding hydrogens is 473 g/mol. The van der Waals surface area contributed by atoms with Crippen molar-refractivity contribution < 1.29 is 14.2 Å². The van der Waals surface area contributed by atoms with Gasteiger partial charge in [0.05, 0.1) is 23.2 Å². The van der Waals surface area contributed by atoms with Crippen LogP contribution in [0.1, 0.15) is 18.4 Å². The van der Waals surface area contributed by atoms with Crippen molar-refractivity contribution in [2.24, 2.45) is 0 Å². The minimum Gasteiger partial charge on any atom is -0.492 e. The van der Waals surface area contributed by atoms with E-state index in [-0.39, 0.29) is 11.7 Å². The number of aromatic nitrogens is 2. The van der Waals surface area contributed by atoms with Crippen molar-refractivity contribution >= 4 is 28.3 Å². The van der Waals surface area contributed by atoms with Gasteiger partial charge in [-0.05, 0) is 72.0 Å². The number of imidazole rings is 1. The number of aromatic hydroxyl groups is 1. The van der Waals surface area contributed by atoms with E-state index in [1.54, 1.807) is 30.1 Å². The third kappa shape index (κ3) is 3.98. The van der Waals surface area contributed by atoms with Gasteiger partial charge in [0.15, 0.2) is 0 Å². The van der Waals surface area contributed by atoms with Crippen LogP contribution in [0.25, 0.3) is 27.7 Å². The molecule has 1 N–H and O–H groups in total. The molecule has 3 aromatic carbocycles. The minimum atomic E-state index is -0.511.